The van der Waals surface area contributed by atoms with E-state index in [2.05, 4.69) is 5.32 Å². The summed E-state index contributed by atoms with van der Waals surface area (Å²) >= 11 is 0.00694. The van der Waals surface area contributed by atoms with Crippen LogP contribution in [0.3, 0.4) is 0 Å². The van der Waals surface area contributed by atoms with Crippen LogP contribution in [-0.4, -0.2) is 74.6 Å². The SMILES string of the molecule is OC[C@@H]1C[N-][C@@H]2CCCC[C@H]2[N-]CC[N-]C2CCCCC2[N-]CC[N-]1.[Cl][Mn][Cl].[HH].[HH].[HH].[HH]. The molecular formula is C19H42Cl2MnN5O-5. The number of hydrogen-bond donors (Lipinski definition) is 1. The van der Waals surface area contributed by atoms with E-state index in [1.54, 1.807) is 0 Å². The molecule has 9 heteroatoms. The molecule has 3 aliphatic rings. The smallest absolute Gasteiger partial charge is 0 e. The van der Waals surface area contributed by atoms with Crippen molar-refractivity contribution < 1.29 is 23.9 Å². The molecule has 0 aromatic rings. The molecule has 6 nitrogen and oxygen atoms in total. The van der Waals surface area contributed by atoms with Gasteiger partial charge in [-0.15, -0.1) is 6.04 Å². The monoisotopic (exact) mass is 481 g/mol. The Bertz CT molecular complexity index is 417. The summed E-state index contributed by atoms with van der Waals surface area (Å²) in [6.07, 6.45) is 9.66. The summed E-state index contributed by atoms with van der Waals surface area (Å²) < 4.78 is 0. The molecule has 1 aliphatic heterocycles. The third-order valence-electron chi connectivity index (χ3n) is 5.83. The van der Waals surface area contributed by atoms with Gasteiger partial charge in [0, 0.05) is 12.3 Å². The van der Waals surface area contributed by atoms with E-state index in [9.17, 15) is 5.11 Å². The molecule has 2 saturated carbocycles. The Morgan fingerprint density at radius 3 is 1.43 bits per heavy atom. The summed E-state index contributed by atoms with van der Waals surface area (Å²) in [7, 11) is 9.59. The molecule has 5 atom stereocenters. The average Bonchev–Trinajstić information content (AvgIpc) is 2.73. The van der Waals surface area contributed by atoms with Gasteiger partial charge in [-0.1, -0.05) is 51.4 Å². The van der Waals surface area contributed by atoms with Gasteiger partial charge in [-0.05, 0) is 0 Å². The van der Waals surface area contributed by atoms with Crippen molar-refractivity contribution in [1.82, 2.24) is 0 Å². The maximum atomic E-state index is 9.60. The normalized spacial score (nSPS) is 35.9. The molecule has 3 fully saturated rings. The number of fused-ring (bicyclic) bond motifs is 2. The Labute approximate surface area is 191 Å². The first-order valence-electron chi connectivity index (χ1n) is 10.6. The van der Waals surface area contributed by atoms with Crippen LogP contribution in [0.5, 0.6) is 0 Å². The van der Waals surface area contributed by atoms with Gasteiger partial charge in [0.1, 0.15) is 0 Å². The Hall–Kier alpha value is 0.859. The number of aliphatic hydroxyl groups is 1. The van der Waals surface area contributed by atoms with Crippen molar-refractivity contribution in [2.24, 2.45) is 0 Å². The third kappa shape index (κ3) is 9.34. The van der Waals surface area contributed by atoms with Gasteiger partial charge in [0.05, 0.1) is 0 Å². The second-order valence-corrected chi connectivity index (χ2v) is 9.67. The van der Waals surface area contributed by atoms with Crippen LogP contribution in [-0.2, 0) is 13.1 Å². The topological polar surface area (TPSA) is 90.7 Å². The van der Waals surface area contributed by atoms with Crippen molar-refractivity contribution in [3.8, 4) is 0 Å². The fourth-order valence-electron chi connectivity index (χ4n) is 4.38. The molecule has 1 heterocycles. The van der Waals surface area contributed by atoms with E-state index >= 15 is 0 Å². The average molecular weight is 482 g/mol. The van der Waals surface area contributed by atoms with Crippen LogP contribution in [0.2, 0.25) is 0 Å². The first-order chi connectivity index (χ1) is 13.8. The zero-order valence-electron chi connectivity index (χ0n) is 16.6. The second kappa shape index (κ2) is 15.6. The molecule has 2 unspecified atom stereocenters. The maximum absolute atomic E-state index is 9.60. The molecule has 0 spiro atoms. The molecule has 1 N–H and O–H groups in total. The Morgan fingerprint density at radius 2 is 1.04 bits per heavy atom. The zero-order valence-corrected chi connectivity index (χ0v) is 19.3. The minimum Gasteiger partial charge on any atom is 0 e. The summed E-state index contributed by atoms with van der Waals surface area (Å²) in [6, 6.07) is 1.34. The van der Waals surface area contributed by atoms with Crippen molar-refractivity contribution in [3.63, 3.8) is 0 Å². The minimum absolute atomic E-state index is 0. The molecule has 175 valence electrons. The van der Waals surface area contributed by atoms with E-state index in [1.165, 1.54) is 32.1 Å². The molecule has 0 bridgehead atoms. The van der Waals surface area contributed by atoms with Gasteiger partial charge >= 0.3 is 33.3 Å². The number of nitrogens with zero attached hydrogens (tertiary/aromatic N) is 5. The predicted molar refractivity (Wildman–Crippen MR) is 124 cm³/mol. The number of hydrogen-bond acceptors (Lipinski definition) is 1. The molecule has 28 heavy (non-hydrogen) atoms. The first-order valence-corrected chi connectivity index (χ1v) is 13.8. The summed E-state index contributed by atoms with van der Waals surface area (Å²) in [5.41, 5.74) is 0. The summed E-state index contributed by atoms with van der Waals surface area (Å²) in [5.74, 6) is 0. The number of halogens is 2. The van der Waals surface area contributed by atoms with Crippen molar-refractivity contribution in [2.75, 3.05) is 39.3 Å². The van der Waals surface area contributed by atoms with Crippen LogP contribution in [0.15, 0.2) is 0 Å². The molecule has 2 aliphatic carbocycles. The van der Waals surface area contributed by atoms with Gasteiger partial charge in [0.25, 0.3) is 0 Å². The molecule has 0 aromatic carbocycles. The molecular weight excluding hydrogens is 440 g/mol. The fraction of sp³-hybridized carbons (Fsp3) is 1.00. The van der Waals surface area contributed by atoms with Crippen LogP contribution in [0.25, 0.3) is 26.6 Å². The molecule has 0 aromatic heterocycles. The van der Waals surface area contributed by atoms with Crippen molar-refractivity contribution >= 4 is 20.2 Å². The molecule has 0 amide bonds. The van der Waals surface area contributed by atoms with E-state index < -0.39 is 0 Å². The van der Waals surface area contributed by atoms with Gasteiger partial charge in [0.15, 0.2) is 0 Å². The molecule has 3 rings (SSSR count). The van der Waals surface area contributed by atoms with Gasteiger partial charge < -0.3 is 31.7 Å². The second-order valence-electron chi connectivity index (χ2n) is 7.72. The predicted octanol–water partition coefficient (Wildman–Crippen LogP) is 6.21. The first kappa shape index (κ1) is 25.1. The Balaban J connectivity index is -0.00000114. The van der Waals surface area contributed by atoms with Gasteiger partial charge in [-0.3, -0.25) is 0 Å². The number of aliphatic hydroxyl groups excluding tert-OH is 1. The third-order valence-corrected chi connectivity index (χ3v) is 5.83. The van der Waals surface area contributed by atoms with E-state index in [0.29, 0.717) is 37.3 Å². The quantitative estimate of drug-likeness (QED) is 0.442. The van der Waals surface area contributed by atoms with Crippen LogP contribution in [0.4, 0.5) is 0 Å². The van der Waals surface area contributed by atoms with Crippen molar-refractivity contribution in [1.29, 1.82) is 0 Å². The zero-order chi connectivity index (χ0) is 20.0. The maximum Gasteiger partial charge on any atom is 0 e. The van der Waals surface area contributed by atoms with Crippen LogP contribution >= 0.6 is 20.2 Å². The van der Waals surface area contributed by atoms with Gasteiger partial charge in [-0.2, -0.15) is 56.9 Å². The van der Waals surface area contributed by atoms with Crippen LogP contribution in [0.1, 0.15) is 57.1 Å². The largest absolute Gasteiger partial charge is 0 e. The van der Waals surface area contributed by atoms with Crippen LogP contribution in [0, 0.1) is 0 Å². The standard InChI is InChI=1S/C19H34N5O.2ClH.Mn.4H2/c25-14-15-13-24-19-8-4-3-7-18(19)23-12-11-22-17-6-2-1-5-16(17)21-10-9-20-15;;;;;;;/h15-19,25H,1-14H2;2*1H;;4*1H/q-5;;;+2;;;;/p-2/t15-,16?,17?,18+,19+;;;;;;;/m0......./s1. The van der Waals surface area contributed by atoms with Crippen molar-refractivity contribution in [2.45, 2.75) is 81.6 Å². The van der Waals surface area contributed by atoms with Crippen LogP contribution < -0.4 is 0 Å². The van der Waals surface area contributed by atoms with E-state index in [-0.39, 0.29) is 31.5 Å². The Morgan fingerprint density at radius 1 is 0.679 bits per heavy atom. The van der Waals surface area contributed by atoms with E-state index in [1.807, 2.05) is 0 Å². The minimum atomic E-state index is -0.0743. The number of rotatable bonds is 1. The Kier molecular flexibility index (Phi) is 14.0. The van der Waals surface area contributed by atoms with Gasteiger partial charge in [-0.25, -0.2) is 0 Å². The van der Waals surface area contributed by atoms with E-state index in [0.717, 1.165) is 38.9 Å². The fourth-order valence-corrected chi connectivity index (χ4v) is 4.38. The van der Waals surface area contributed by atoms with Crippen molar-refractivity contribution in [3.05, 3.63) is 26.6 Å². The summed E-state index contributed by atoms with van der Waals surface area (Å²) in [6.45, 7) is 3.83. The molecule has 0 radical (unpaired) electrons. The van der Waals surface area contributed by atoms with E-state index in [4.69, 9.17) is 41.5 Å². The molecule has 1 saturated heterocycles. The van der Waals surface area contributed by atoms with Gasteiger partial charge in [0.2, 0.25) is 0 Å². The summed E-state index contributed by atoms with van der Waals surface area (Å²) in [5, 5.41) is 33.8. The summed E-state index contributed by atoms with van der Waals surface area (Å²) in [4.78, 5) is 0.